The fraction of sp³-hybridized carbons (Fsp3) is 0.353. The lowest BCUT2D eigenvalue weighted by molar-refractivity contribution is -0.146. The Bertz CT molecular complexity index is 719. The van der Waals surface area contributed by atoms with Crippen molar-refractivity contribution in [1.29, 1.82) is 0 Å². The lowest BCUT2D eigenvalue weighted by Crippen LogP contribution is -2.35. The van der Waals surface area contributed by atoms with Crippen LogP contribution in [0.3, 0.4) is 0 Å². The number of hydrogen-bond acceptors (Lipinski definition) is 3. The number of nitrogens with zero attached hydrogens (tertiary/aromatic N) is 2. The first-order chi connectivity index (χ1) is 10.8. The van der Waals surface area contributed by atoms with E-state index >= 15 is 0 Å². The van der Waals surface area contributed by atoms with Gasteiger partial charge >= 0.3 is 5.97 Å². The van der Waals surface area contributed by atoms with E-state index in [4.69, 9.17) is 0 Å². The van der Waals surface area contributed by atoms with Crippen molar-refractivity contribution in [2.45, 2.75) is 39.2 Å². The zero-order chi connectivity index (χ0) is 17.0. The average molecular weight is 315 g/mol. The zero-order valence-corrected chi connectivity index (χ0v) is 13.5. The van der Waals surface area contributed by atoms with Crippen molar-refractivity contribution in [3.05, 3.63) is 47.8 Å². The molecule has 0 aliphatic heterocycles. The molecular weight excluding hydrogens is 294 g/mol. The lowest BCUT2D eigenvalue weighted by atomic mass is 10.1. The molecule has 2 aromatic rings. The normalized spacial score (nSPS) is 11.3. The van der Waals surface area contributed by atoms with Crippen LogP contribution < -0.4 is 5.32 Å². The Morgan fingerprint density at radius 3 is 2.74 bits per heavy atom. The summed E-state index contributed by atoms with van der Waals surface area (Å²) in [7, 11) is 0. The van der Waals surface area contributed by atoms with E-state index in [0.717, 1.165) is 5.56 Å². The molecule has 0 unspecified atom stereocenters. The van der Waals surface area contributed by atoms with Gasteiger partial charge < -0.3 is 10.4 Å². The van der Waals surface area contributed by atoms with E-state index in [2.05, 4.69) is 16.5 Å². The minimum Gasteiger partial charge on any atom is -0.479 e. The SMILES string of the molecule is Cc1cccc(CCC(=O)Nc2cnn(C(C)(C)C(=O)O)c2)c1. The number of aryl methyl sites for hydroxylation is 2. The average Bonchev–Trinajstić information content (AvgIpc) is 2.94. The molecule has 0 spiro atoms. The molecule has 1 aromatic carbocycles. The molecule has 1 heterocycles. The molecule has 0 aliphatic carbocycles. The van der Waals surface area contributed by atoms with Crippen LogP contribution in [0.1, 0.15) is 31.4 Å². The Labute approximate surface area is 135 Å². The number of aromatic nitrogens is 2. The molecule has 1 amide bonds. The fourth-order valence-electron chi connectivity index (χ4n) is 2.14. The number of aliphatic carboxylic acids is 1. The van der Waals surface area contributed by atoms with Gasteiger partial charge in [-0.15, -0.1) is 0 Å². The summed E-state index contributed by atoms with van der Waals surface area (Å²) in [5.41, 5.74) is 1.61. The number of hydrogen-bond donors (Lipinski definition) is 2. The van der Waals surface area contributed by atoms with Crippen LogP contribution in [-0.4, -0.2) is 26.8 Å². The van der Waals surface area contributed by atoms with Crippen molar-refractivity contribution >= 4 is 17.6 Å². The van der Waals surface area contributed by atoms with E-state index in [1.165, 1.54) is 22.6 Å². The standard InChI is InChI=1S/C17H21N3O3/c1-12-5-4-6-13(9-12)7-8-15(21)19-14-10-18-20(11-14)17(2,3)16(22)23/h4-6,9-11H,7-8H2,1-3H3,(H,19,21)(H,22,23). The molecule has 2 rings (SSSR count). The molecular formula is C17H21N3O3. The second-order valence-corrected chi connectivity index (χ2v) is 6.07. The van der Waals surface area contributed by atoms with Crippen molar-refractivity contribution in [1.82, 2.24) is 9.78 Å². The summed E-state index contributed by atoms with van der Waals surface area (Å²) in [4.78, 5) is 23.2. The highest BCUT2D eigenvalue weighted by atomic mass is 16.4. The van der Waals surface area contributed by atoms with E-state index in [-0.39, 0.29) is 5.91 Å². The molecule has 0 radical (unpaired) electrons. The van der Waals surface area contributed by atoms with Gasteiger partial charge in [-0.2, -0.15) is 5.10 Å². The van der Waals surface area contributed by atoms with E-state index in [0.29, 0.717) is 18.5 Å². The maximum absolute atomic E-state index is 12.0. The molecule has 6 heteroatoms. The summed E-state index contributed by atoms with van der Waals surface area (Å²) in [6.45, 7) is 5.11. The Kier molecular flexibility index (Phi) is 4.83. The molecule has 23 heavy (non-hydrogen) atoms. The van der Waals surface area contributed by atoms with Crippen molar-refractivity contribution in [2.24, 2.45) is 0 Å². The third-order valence-corrected chi connectivity index (χ3v) is 3.69. The van der Waals surface area contributed by atoms with E-state index in [1.807, 2.05) is 25.1 Å². The first-order valence-corrected chi connectivity index (χ1v) is 7.43. The second kappa shape index (κ2) is 6.64. The highest BCUT2D eigenvalue weighted by molar-refractivity contribution is 5.90. The minimum atomic E-state index is -1.16. The number of amides is 1. The highest BCUT2D eigenvalue weighted by Gasteiger charge is 2.30. The third-order valence-electron chi connectivity index (χ3n) is 3.69. The van der Waals surface area contributed by atoms with Gasteiger partial charge in [0.25, 0.3) is 0 Å². The highest BCUT2D eigenvalue weighted by Crippen LogP contribution is 2.17. The van der Waals surface area contributed by atoms with Crippen molar-refractivity contribution in [2.75, 3.05) is 5.32 Å². The van der Waals surface area contributed by atoms with Gasteiger partial charge in [0.2, 0.25) is 5.91 Å². The number of nitrogens with one attached hydrogen (secondary N) is 1. The molecule has 2 N–H and O–H groups in total. The predicted octanol–water partition coefficient (Wildman–Crippen LogP) is 2.58. The van der Waals surface area contributed by atoms with Crippen LogP contribution in [0.2, 0.25) is 0 Å². The molecule has 0 aliphatic rings. The first kappa shape index (κ1) is 16.7. The monoisotopic (exact) mass is 315 g/mol. The van der Waals surface area contributed by atoms with E-state index in [1.54, 1.807) is 13.8 Å². The second-order valence-electron chi connectivity index (χ2n) is 6.07. The number of carboxylic acids is 1. The van der Waals surface area contributed by atoms with Gasteiger partial charge in [-0.05, 0) is 32.8 Å². The van der Waals surface area contributed by atoms with Crippen molar-refractivity contribution in [3.63, 3.8) is 0 Å². The Balaban J connectivity index is 1.93. The number of carbonyl (C=O) groups is 2. The summed E-state index contributed by atoms with van der Waals surface area (Å²) in [5, 5.41) is 15.9. The maximum Gasteiger partial charge on any atom is 0.331 e. The molecule has 6 nitrogen and oxygen atoms in total. The lowest BCUT2D eigenvalue weighted by Gasteiger charge is -2.19. The summed E-state index contributed by atoms with van der Waals surface area (Å²) >= 11 is 0. The van der Waals surface area contributed by atoms with Gasteiger partial charge in [0.05, 0.1) is 11.9 Å². The number of carbonyl (C=O) groups excluding carboxylic acids is 1. The van der Waals surface area contributed by atoms with Crippen LogP contribution in [0.15, 0.2) is 36.7 Å². The number of carboxylic acid groups (broad SMARTS) is 1. The molecule has 0 fully saturated rings. The van der Waals surface area contributed by atoms with E-state index in [9.17, 15) is 14.7 Å². The molecule has 0 saturated carbocycles. The smallest absolute Gasteiger partial charge is 0.331 e. The van der Waals surface area contributed by atoms with Crippen LogP contribution in [0.25, 0.3) is 0 Å². The van der Waals surface area contributed by atoms with Crippen LogP contribution in [0, 0.1) is 6.92 Å². The van der Waals surface area contributed by atoms with Gasteiger partial charge in [-0.1, -0.05) is 29.8 Å². The van der Waals surface area contributed by atoms with Crippen LogP contribution >= 0.6 is 0 Å². The third kappa shape index (κ3) is 4.18. The number of anilines is 1. The molecule has 0 bridgehead atoms. The Morgan fingerprint density at radius 2 is 2.09 bits per heavy atom. The van der Waals surface area contributed by atoms with Gasteiger partial charge in [0.15, 0.2) is 5.54 Å². The Morgan fingerprint density at radius 1 is 1.35 bits per heavy atom. The number of benzene rings is 1. The van der Waals surface area contributed by atoms with Gasteiger partial charge in [0, 0.05) is 12.6 Å². The Hall–Kier alpha value is -2.63. The van der Waals surface area contributed by atoms with Crippen LogP contribution in [0.4, 0.5) is 5.69 Å². The number of rotatable bonds is 6. The van der Waals surface area contributed by atoms with E-state index < -0.39 is 11.5 Å². The topological polar surface area (TPSA) is 84.2 Å². The summed E-state index contributed by atoms with van der Waals surface area (Å²) in [5.74, 6) is -1.11. The molecule has 1 aromatic heterocycles. The van der Waals surface area contributed by atoms with Gasteiger partial charge in [0.1, 0.15) is 0 Å². The molecule has 0 atom stereocenters. The van der Waals surface area contributed by atoms with Crippen LogP contribution in [0.5, 0.6) is 0 Å². The van der Waals surface area contributed by atoms with Gasteiger partial charge in [-0.25, -0.2) is 4.79 Å². The summed E-state index contributed by atoms with van der Waals surface area (Å²) in [6.07, 6.45) is 3.99. The maximum atomic E-state index is 12.0. The molecule has 122 valence electrons. The fourth-order valence-corrected chi connectivity index (χ4v) is 2.14. The minimum absolute atomic E-state index is 0.126. The largest absolute Gasteiger partial charge is 0.479 e. The van der Waals surface area contributed by atoms with Crippen molar-refractivity contribution < 1.29 is 14.7 Å². The summed E-state index contributed by atoms with van der Waals surface area (Å²) < 4.78 is 1.32. The predicted molar refractivity (Wildman–Crippen MR) is 87.3 cm³/mol. The van der Waals surface area contributed by atoms with Gasteiger partial charge in [-0.3, -0.25) is 9.48 Å². The quantitative estimate of drug-likeness (QED) is 0.858. The first-order valence-electron chi connectivity index (χ1n) is 7.43. The van der Waals surface area contributed by atoms with Crippen LogP contribution in [-0.2, 0) is 21.5 Å². The summed E-state index contributed by atoms with van der Waals surface area (Å²) in [6, 6.07) is 8.04. The molecule has 0 saturated heterocycles. The van der Waals surface area contributed by atoms with Crippen molar-refractivity contribution in [3.8, 4) is 0 Å². The zero-order valence-electron chi connectivity index (χ0n) is 13.5.